The summed E-state index contributed by atoms with van der Waals surface area (Å²) in [6.07, 6.45) is 3.04. The normalized spacial score (nSPS) is 10.6. The Bertz CT molecular complexity index is 630. The lowest BCUT2D eigenvalue weighted by Crippen LogP contribution is -1.95. The lowest BCUT2D eigenvalue weighted by molar-refractivity contribution is 0.104. The van der Waals surface area contributed by atoms with Crippen molar-refractivity contribution in [1.82, 2.24) is 0 Å². The topological polar surface area (TPSA) is 34.1 Å². The van der Waals surface area contributed by atoms with Gasteiger partial charge in [-0.3, -0.25) is 9.59 Å². The second-order valence-electron chi connectivity index (χ2n) is 3.92. The number of ketones is 1. The van der Waals surface area contributed by atoms with E-state index >= 15 is 0 Å². The fourth-order valence-electron chi connectivity index (χ4n) is 1.69. The summed E-state index contributed by atoms with van der Waals surface area (Å²) in [6.45, 7) is 0. The second kappa shape index (κ2) is 6.12. The van der Waals surface area contributed by atoms with Gasteiger partial charge in [0.2, 0.25) is 0 Å². The summed E-state index contributed by atoms with van der Waals surface area (Å²) in [5.74, 6) is -0.113. The number of hydrogen-bond acceptors (Lipinski definition) is 2. The van der Waals surface area contributed by atoms with E-state index in [4.69, 9.17) is 11.6 Å². The molecule has 0 aromatic heterocycles. The first-order chi connectivity index (χ1) is 9.18. The Morgan fingerprint density at radius 2 is 1.53 bits per heavy atom. The maximum atomic E-state index is 11.9. The van der Waals surface area contributed by atoms with Gasteiger partial charge in [-0.15, -0.1) is 0 Å². The van der Waals surface area contributed by atoms with E-state index in [1.807, 2.05) is 6.07 Å². The molecule has 0 spiro atoms. The van der Waals surface area contributed by atoms with Crippen LogP contribution in [-0.4, -0.2) is 11.0 Å². The molecule has 0 heterocycles. The minimum Gasteiger partial charge on any atom is -0.289 e. The molecule has 2 nitrogen and oxygen atoms in total. The van der Waals surface area contributed by atoms with Gasteiger partial charge < -0.3 is 0 Å². The lowest BCUT2D eigenvalue weighted by Gasteiger charge is -2.00. The van der Waals surface area contributed by atoms with Crippen molar-refractivity contribution in [3.63, 3.8) is 0 Å². The third-order valence-electron chi connectivity index (χ3n) is 2.65. The maximum absolute atomic E-state index is 11.9. The molecule has 3 heteroatoms. The van der Waals surface area contributed by atoms with Crippen molar-refractivity contribution in [3.8, 4) is 0 Å². The van der Waals surface area contributed by atoms with Crippen LogP contribution in [0, 0.1) is 0 Å². The van der Waals surface area contributed by atoms with Crippen molar-refractivity contribution in [3.05, 3.63) is 77.4 Å². The summed E-state index contributed by atoms with van der Waals surface area (Å²) in [4.78, 5) is 23.1. The van der Waals surface area contributed by atoms with Crippen molar-refractivity contribution < 1.29 is 9.59 Å². The average Bonchev–Trinajstić information content (AvgIpc) is 2.46. The van der Waals surface area contributed by atoms with Crippen LogP contribution in [-0.2, 0) is 0 Å². The Morgan fingerprint density at radius 1 is 0.895 bits per heavy atom. The largest absolute Gasteiger partial charge is 0.289 e. The molecule has 0 saturated heterocycles. The summed E-state index contributed by atoms with van der Waals surface area (Å²) in [5.41, 5.74) is 1.63. The summed E-state index contributed by atoms with van der Waals surface area (Å²) >= 11 is 5.48. The lowest BCUT2D eigenvalue weighted by atomic mass is 10.1. The highest BCUT2D eigenvalue weighted by Crippen LogP contribution is 2.14. The van der Waals surface area contributed by atoms with Crippen LogP contribution in [0.3, 0.4) is 0 Å². The van der Waals surface area contributed by atoms with Crippen LogP contribution in [0.15, 0.2) is 60.7 Å². The Hall–Kier alpha value is -2.19. The van der Waals surface area contributed by atoms with Crippen molar-refractivity contribution >= 4 is 28.7 Å². The number of allylic oxidation sites excluding steroid dienone is 1. The fraction of sp³-hybridized carbons (Fsp3) is 0. The highest BCUT2D eigenvalue weighted by atomic mass is 35.5. The number of carbonyl (C=O) groups is 2. The highest BCUT2D eigenvalue weighted by molar-refractivity contribution is 6.68. The molecule has 0 saturated carbocycles. The summed E-state index contributed by atoms with van der Waals surface area (Å²) in [5, 5.41) is -0.535. The van der Waals surface area contributed by atoms with Gasteiger partial charge in [-0.2, -0.15) is 0 Å². The van der Waals surface area contributed by atoms with Crippen LogP contribution in [0.1, 0.15) is 26.3 Å². The predicted molar refractivity (Wildman–Crippen MR) is 76.4 cm³/mol. The molecule has 0 fully saturated rings. The molecule has 19 heavy (non-hydrogen) atoms. The first-order valence-corrected chi connectivity index (χ1v) is 6.12. The molecule has 0 N–H and O–H groups in total. The number of halogens is 1. The Morgan fingerprint density at radius 3 is 2.21 bits per heavy atom. The molecular weight excluding hydrogens is 260 g/mol. The molecule has 0 amide bonds. The fourth-order valence-corrected chi connectivity index (χ4v) is 1.86. The minimum atomic E-state index is -0.535. The molecule has 0 unspecified atom stereocenters. The van der Waals surface area contributed by atoms with Crippen molar-refractivity contribution in [1.29, 1.82) is 0 Å². The van der Waals surface area contributed by atoms with E-state index in [0.717, 1.165) is 0 Å². The standard InChI is InChI=1S/C16H11ClO2/c17-16(19)14-9-5-4-6-12(14)10-11-15(18)13-7-2-1-3-8-13/h1-11H. The zero-order chi connectivity index (χ0) is 13.7. The third-order valence-corrected chi connectivity index (χ3v) is 2.85. The van der Waals surface area contributed by atoms with Gasteiger partial charge in [0, 0.05) is 11.1 Å². The quantitative estimate of drug-likeness (QED) is 0.479. The van der Waals surface area contributed by atoms with Crippen LogP contribution in [0.4, 0.5) is 0 Å². The minimum absolute atomic E-state index is 0.113. The number of carbonyl (C=O) groups excluding carboxylic acids is 2. The monoisotopic (exact) mass is 270 g/mol. The zero-order valence-electron chi connectivity index (χ0n) is 10.0. The van der Waals surface area contributed by atoms with Crippen molar-refractivity contribution in [2.45, 2.75) is 0 Å². The van der Waals surface area contributed by atoms with E-state index in [-0.39, 0.29) is 5.78 Å². The van der Waals surface area contributed by atoms with E-state index in [0.29, 0.717) is 16.7 Å². The molecule has 94 valence electrons. The second-order valence-corrected chi connectivity index (χ2v) is 4.27. The Balaban J connectivity index is 2.24. The van der Waals surface area contributed by atoms with Crippen LogP contribution in [0.2, 0.25) is 0 Å². The van der Waals surface area contributed by atoms with E-state index in [1.165, 1.54) is 6.08 Å². The average molecular weight is 271 g/mol. The van der Waals surface area contributed by atoms with E-state index in [1.54, 1.807) is 54.6 Å². The first kappa shape index (κ1) is 13.2. The van der Waals surface area contributed by atoms with E-state index < -0.39 is 5.24 Å². The predicted octanol–water partition coefficient (Wildman–Crippen LogP) is 3.96. The van der Waals surface area contributed by atoms with Gasteiger partial charge in [0.05, 0.1) is 0 Å². The van der Waals surface area contributed by atoms with E-state index in [9.17, 15) is 9.59 Å². The molecule has 2 aromatic carbocycles. The summed E-state index contributed by atoms with van der Waals surface area (Å²) in [6, 6.07) is 15.8. The van der Waals surface area contributed by atoms with Gasteiger partial charge in [-0.1, -0.05) is 54.6 Å². The van der Waals surface area contributed by atoms with Gasteiger partial charge in [0.15, 0.2) is 5.78 Å². The van der Waals surface area contributed by atoms with Crippen molar-refractivity contribution in [2.24, 2.45) is 0 Å². The van der Waals surface area contributed by atoms with Crippen LogP contribution >= 0.6 is 11.6 Å². The smallest absolute Gasteiger partial charge is 0.252 e. The Kier molecular flexibility index (Phi) is 4.26. The summed E-state index contributed by atoms with van der Waals surface area (Å²) < 4.78 is 0. The highest BCUT2D eigenvalue weighted by Gasteiger charge is 2.06. The third kappa shape index (κ3) is 3.39. The molecular formula is C16H11ClO2. The van der Waals surface area contributed by atoms with Crippen LogP contribution in [0.5, 0.6) is 0 Å². The molecule has 0 aliphatic rings. The first-order valence-electron chi connectivity index (χ1n) is 5.75. The molecule has 0 atom stereocenters. The van der Waals surface area contributed by atoms with Crippen LogP contribution in [0.25, 0.3) is 6.08 Å². The molecule has 0 bridgehead atoms. The molecule has 2 rings (SSSR count). The van der Waals surface area contributed by atoms with Gasteiger partial charge >= 0.3 is 0 Å². The van der Waals surface area contributed by atoms with Crippen molar-refractivity contribution in [2.75, 3.05) is 0 Å². The number of hydrogen-bond donors (Lipinski definition) is 0. The van der Waals surface area contributed by atoms with Gasteiger partial charge in [0.1, 0.15) is 0 Å². The number of rotatable bonds is 4. The van der Waals surface area contributed by atoms with Crippen LogP contribution < -0.4 is 0 Å². The van der Waals surface area contributed by atoms with Gasteiger partial charge in [-0.25, -0.2) is 0 Å². The van der Waals surface area contributed by atoms with Gasteiger partial charge in [0.25, 0.3) is 5.24 Å². The molecule has 0 aliphatic carbocycles. The SMILES string of the molecule is O=C(C=Cc1ccccc1C(=O)Cl)c1ccccc1. The van der Waals surface area contributed by atoms with E-state index in [2.05, 4.69) is 0 Å². The summed E-state index contributed by atoms with van der Waals surface area (Å²) in [7, 11) is 0. The Labute approximate surface area is 116 Å². The number of benzene rings is 2. The molecule has 0 radical (unpaired) electrons. The maximum Gasteiger partial charge on any atom is 0.252 e. The molecule has 2 aromatic rings. The molecule has 0 aliphatic heterocycles. The van der Waals surface area contributed by atoms with Gasteiger partial charge in [-0.05, 0) is 29.3 Å². The zero-order valence-corrected chi connectivity index (χ0v) is 10.8.